The van der Waals surface area contributed by atoms with E-state index >= 15 is 0 Å². The van der Waals surface area contributed by atoms with Crippen LogP contribution in [0.4, 0.5) is 0 Å². The second-order valence-corrected chi connectivity index (χ2v) is 3.37. The zero-order chi connectivity index (χ0) is 8.39. The number of furan rings is 1. The lowest BCUT2D eigenvalue weighted by Crippen LogP contribution is -1.81. The van der Waals surface area contributed by atoms with Crippen molar-refractivity contribution in [1.29, 1.82) is 0 Å². The van der Waals surface area contributed by atoms with Gasteiger partial charge in [0.25, 0.3) is 0 Å². The molecule has 1 aromatic carbocycles. The maximum Gasteiger partial charge on any atom is 0.134 e. The van der Waals surface area contributed by atoms with Crippen molar-refractivity contribution in [3.8, 4) is 0 Å². The normalized spacial score (nSPS) is 10.8. The van der Waals surface area contributed by atoms with E-state index in [0.29, 0.717) is 0 Å². The van der Waals surface area contributed by atoms with Crippen molar-refractivity contribution in [3.05, 3.63) is 36.1 Å². The molecule has 0 amide bonds. The predicted octanol–water partition coefficient (Wildman–Crippen LogP) is 2.85. The topological polar surface area (TPSA) is 13.1 Å². The molecule has 2 rings (SSSR count). The van der Waals surface area contributed by atoms with Crippen molar-refractivity contribution in [3.63, 3.8) is 0 Å². The summed E-state index contributed by atoms with van der Waals surface area (Å²) >= 11 is 0. The maximum absolute atomic E-state index is 5.39. The van der Waals surface area contributed by atoms with Gasteiger partial charge in [0.15, 0.2) is 0 Å². The highest BCUT2D eigenvalue weighted by Gasteiger charge is 2.02. The molecule has 2 aromatic rings. The van der Waals surface area contributed by atoms with Crippen LogP contribution in [0.5, 0.6) is 0 Å². The third-order valence-corrected chi connectivity index (χ3v) is 2.26. The fourth-order valence-electron chi connectivity index (χ4n) is 1.38. The van der Waals surface area contributed by atoms with Gasteiger partial charge in [-0.1, -0.05) is 18.2 Å². The van der Waals surface area contributed by atoms with E-state index in [1.165, 1.54) is 10.9 Å². The molecule has 0 saturated heterocycles. The van der Waals surface area contributed by atoms with Gasteiger partial charge >= 0.3 is 0 Å². The van der Waals surface area contributed by atoms with Gasteiger partial charge in [-0.25, -0.2) is 0 Å². The molecule has 1 atom stereocenters. The fourth-order valence-corrected chi connectivity index (χ4v) is 1.69. The Morgan fingerprint density at radius 2 is 2.08 bits per heavy atom. The highest BCUT2D eigenvalue weighted by atomic mass is 31.0. The minimum Gasteiger partial charge on any atom is -0.464 e. The van der Waals surface area contributed by atoms with Crippen LogP contribution in [0.25, 0.3) is 11.0 Å². The highest BCUT2D eigenvalue weighted by Crippen LogP contribution is 2.21. The van der Waals surface area contributed by atoms with Crippen LogP contribution in [0.3, 0.4) is 0 Å². The van der Waals surface area contributed by atoms with Crippen LogP contribution in [0.15, 0.2) is 34.9 Å². The van der Waals surface area contributed by atoms with Crippen LogP contribution in [0, 0.1) is 0 Å². The molecule has 0 fully saturated rings. The summed E-state index contributed by atoms with van der Waals surface area (Å²) in [6.07, 6.45) is 4.01. The van der Waals surface area contributed by atoms with Gasteiger partial charge in [0, 0.05) is 5.39 Å². The zero-order valence-electron chi connectivity index (χ0n) is 6.79. The lowest BCUT2D eigenvalue weighted by molar-refractivity contribution is 0.611. The van der Waals surface area contributed by atoms with E-state index in [2.05, 4.69) is 15.3 Å². The highest BCUT2D eigenvalue weighted by molar-refractivity contribution is 7.16. The molecule has 0 aliphatic carbocycles. The van der Waals surface area contributed by atoms with Crippen LogP contribution in [-0.2, 0) is 6.42 Å². The number of rotatable bonds is 2. The summed E-state index contributed by atoms with van der Waals surface area (Å²) < 4.78 is 5.39. The molecular weight excluding hydrogens is 167 g/mol. The Hall–Kier alpha value is -0.810. The first-order valence-electron chi connectivity index (χ1n) is 4.07. The Morgan fingerprint density at radius 1 is 1.25 bits per heavy atom. The third kappa shape index (κ3) is 1.25. The molecule has 0 aliphatic heterocycles. The minimum atomic E-state index is 0.992. The summed E-state index contributed by atoms with van der Waals surface area (Å²) in [6.45, 7) is 0. The van der Waals surface area contributed by atoms with Gasteiger partial charge < -0.3 is 4.42 Å². The first kappa shape index (κ1) is 7.82. The molecular formula is C10H11OP. The average molecular weight is 178 g/mol. The third-order valence-electron chi connectivity index (χ3n) is 1.97. The second kappa shape index (κ2) is 3.28. The Bertz CT molecular complexity index is 378. The molecule has 62 valence electrons. The Balaban J connectivity index is 2.55. The minimum absolute atomic E-state index is 0.992. The quantitative estimate of drug-likeness (QED) is 0.644. The van der Waals surface area contributed by atoms with Crippen LogP contribution < -0.4 is 0 Å². The van der Waals surface area contributed by atoms with Crippen molar-refractivity contribution in [2.24, 2.45) is 0 Å². The summed E-state index contributed by atoms with van der Waals surface area (Å²) in [5.74, 6) is 0. The Labute approximate surface area is 74.0 Å². The molecule has 1 unspecified atom stereocenters. The zero-order valence-corrected chi connectivity index (χ0v) is 7.94. The largest absolute Gasteiger partial charge is 0.464 e. The standard InChI is InChI=1S/C10H11OP/c12-6-5-8-7-11-10-4-2-1-3-9(8)10/h1-4,7H,5-6,12H2. The molecule has 1 nitrogen and oxygen atoms in total. The van der Waals surface area contributed by atoms with Crippen LogP contribution >= 0.6 is 9.24 Å². The van der Waals surface area contributed by atoms with Gasteiger partial charge in [-0.2, -0.15) is 0 Å². The number of benzene rings is 1. The number of aryl methyl sites for hydroxylation is 1. The number of fused-ring (bicyclic) bond motifs is 1. The van der Waals surface area contributed by atoms with Crippen molar-refractivity contribution in [1.82, 2.24) is 0 Å². The Kier molecular flexibility index (Phi) is 2.14. The number of hydrogen-bond donors (Lipinski definition) is 0. The molecule has 1 heterocycles. The van der Waals surface area contributed by atoms with E-state index in [0.717, 1.165) is 18.2 Å². The SMILES string of the molecule is PCCc1coc2ccccc12. The summed E-state index contributed by atoms with van der Waals surface area (Å²) in [5.41, 5.74) is 2.30. The molecule has 1 aromatic heterocycles. The summed E-state index contributed by atoms with van der Waals surface area (Å²) in [6, 6.07) is 8.15. The smallest absolute Gasteiger partial charge is 0.134 e. The van der Waals surface area contributed by atoms with Gasteiger partial charge in [0.1, 0.15) is 5.58 Å². The molecule has 0 N–H and O–H groups in total. The predicted molar refractivity (Wildman–Crippen MR) is 54.5 cm³/mol. The van der Waals surface area contributed by atoms with E-state index < -0.39 is 0 Å². The van der Waals surface area contributed by atoms with Crippen molar-refractivity contribution in [2.75, 3.05) is 6.16 Å². The first-order chi connectivity index (χ1) is 5.92. The maximum atomic E-state index is 5.39. The molecule has 0 bridgehead atoms. The van der Waals surface area contributed by atoms with Crippen LogP contribution in [-0.4, -0.2) is 6.16 Å². The number of hydrogen-bond acceptors (Lipinski definition) is 1. The molecule has 2 heteroatoms. The van der Waals surface area contributed by atoms with Gasteiger partial charge in [0.05, 0.1) is 6.26 Å². The van der Waals surface area contributed by atoms with E-state index in [4.69, 9.17) is 4.42 Å². The van der Waals surface area contributed by atoms with E-state index in [9.17, 15) is 0 Å². The van der Waals surface area contributed by atoms with Crippen LogP contribution in [0.1, 0.15) is 5.56 Å². The Morgan fingerprint density at radius 3 is 2.92 bits per heavy atom. The number of para-hydroxylation sites is 1. The first-order valence-corrected chi connectivity index (χ1v) is 4.88. The summed E-state index contributed by atoms with van der Waals surface area (Å²) in [7, 11) is 2.73. The fraction of sp³-hybridized carbons (Fsp3) is 0.200. The van der Waals surface area contributed by atoms with Gasteiger partial charge in [0.2, 0.25) is 0 Å². The molecule has 0 radical (unpaired) electrons. The molecule has 0 spiro atoms. The van der Waals surface area contributed by atoms with Crippen molar-refractivity contribution >= 4 is 20.2 Å². The van der Waals surface area contributed by atoms with E-state index in [1.54, 1.807) is 0 Å². The lowest BCUT2D eigenvalue weighted by Gasteiger charge is -1.91. The van der Waals surface area contributed by atoms with Gasteiger partial charge in [-0.15, -0.1) is 9.24 Å². The molecule has 0 aliphatic rings. The summed E-state index contributed by atoms with van der Waals surface area (Å²) in [5, 5.41) is 1.25. The van der Waals surface area contributed by atoms with Gasteiger partial charge in [-0.3, -0.25) is 0 Å². The van der Waals surface area contributed by atoms with E-state index in [-0.39, 0.29) is 0 Å². The van der Waals surface area contributed by atoms with Crippen molar-refractivity contribution in [2.45, 2.75) is 6.42 Å². The molecule has 0 saturated carbocycles. The molecule has 12 heavy (non-hydrogen) atoms. The monoisotopic (exact) mass is 178 g/mol. The average Bonchev–Trinajstić information content (AvgIpc) is 2.50. The van der Waals surface area contributed by atoms with E-state index in [1.807, 2.05) is 24.5 Å². The van der Waals surface area contributed by atoms with Crippen molar-refractivity contribution < 1.29 is 4.42 Å². The van der Waals surface area contributed by atoms with Gasteiger partial charge in [-0.05, 0) is 24.2 Å². The van der Waals surface area contributed by atoms with Crippen LogP contribution in [0.2, 0.25) is 0 Å². The lowest BCUT2D eigenvalue weighted by atomic mass is 10.1. The summed E-state index contributed by atoms with van der Waals surface area (Å²) in [4.78, 5) is 0. The second-order valence-electron chi connectivity index (χ2n) is 2.80.